The lowest BCUT2D eigenvalue weighted by Gasteiger charge is -2.19. The zero-order valence-electron chi connectivity index (χ0n) is 49.2. The number of rotatable bonds is 0. The molecule has 424 valence electrons. The molecule has 0 bridgehead atoms. The van der Waals surface area contributed by atoms with E-state index in [0.29, 0.717) is 13.1 Å². The third kappa shape index (κ3) is 17.7. The molecule has 0 fully saturated rings. The molecule has 83 heavy (non-hydrogen) atoms. The Hall–Kier alpha value is -5.60. The van der Waals surface area contributed by atoms with Gasteiger partial charge in [0, 0.05) is 83.8 Å². The van der Waals surface area contributed by atoms with Crippen molar-refractivity contribution in [2.24, 2.45) is 30.0 Å². The SMILES string of the molecule is Cc1cc(C)c2c(c1)C=NCCCN=Cc1cc(C)cc(C)c1[O][Al]([Br])[O]2.Cc1cc(C)c2c(c1)C=NCCN=Cc1cc(C)cc(C)c1[O][Al]([Br])[O]2.Cc1cc(C)c2c(c1)C=Nc1ccccc1N=Cc1cc(C)cc(C)c1[O][Al]([Br])[O]2. The lowest BCUT2D eigenvalue weighted by Crippen LogP contribution is -2.25. The van der Waals surface area contributed by atoms with Crippen LogP contribution in [0.4, 0.5) is 11.4 Å². The number of nitrogens with zero attached hydrogens (tertiary/aromatic N) is 6. The molecule has 0 saturated heterocycles. The molecule has 7 aromatic rings. The lowest BCUT2D eigenvalue weighted by molar-refractivity contribution is 0.447. The van der Waals surface area contributed by atoms with Crippen molar-refractivity contribution in [3.63, 3.8) is 0 Å². The largest absolute Gasteiger partial charge is 0.957 e. The minimum atomic E-state index is -2.21. The molecule has 0 saturated carbocycles. The summed E-state index contributed by atoms with van der Waals surface area (Å²) in [4.78, 5) is 27.6. The molecule has 0 N–H and O–H groups in total. The standard InChI is InChI=1S/C24H24N2O2.C21H26N2O2.C20H24N2O2.3Al.3BrH/c1-15-9-17(3)23(27)19(11-15)13-25-21-7-5-6-8-22(21)26-14-20-12-16(2)10-18(4)24(20)28;1-14-8-16(3)20(24)18(10-14)12-22-6-5-7-23-13-19-11-15(2)9-17(4)21(19)25;1-13-7-15(3)19(23)17(9-13)11-21-5-6-22-12-18-10-14(2)8-16(4)20(18)24;;;;;;/h5-14,27-28H,1-4H3;8-13,24-25H,5-7H2,1-4H3;7-12,23-24H,5-6H2,1-4H3;;;;3*1H/q;;;3*+3;;;/p-9. The van der Waals surface area contributed by atoms with Crippen LogP contribution in [0, 0.1) is 83.1 Å². The fraction of sp³-hybridized carbons (Fsp3) is 0.262. The number of hydrogen-bond donors (Lipinski definition) is 0. The van der Waals surface area contributed by atoms with E-state index >= 15 is 0 Å². The van der Waals surface area contributed by atoms with Crippen LogP contribution < -0.4 is 22.7 Å². The summed E-state index contributed by atoms with van der Waals surface area (Å²) in [7, 11) is 0. The third-order valence-electron chi connectivity index (χ3n) is 13.4. The second-order valence-corrected chi connectivity index (χ2v) is 30.8. The number of halogens is 3. The van der Waals surface area contributed by atoms with Gasteiger partial charge >= 0.3 is 39.0 Å². The van der Waals surface area contributed by atoms with E-state index in [1.165, 1.54) is 22.3 Å². The third-order valence-corrected chi connectivity index (χ3v) is 19.3. The highest BCUT2D eigenvalue weighted by Gasteiger charge is 2.35. The van der Waals surface area contributed by atoms with Crippen LogP contribution in [0.3, 0.4) is 0 Å². The molecule has 0 radical (unpaired) electrons. The van der Waals surface area contributed by atoms with Gasteiger partial charge in [0.2, 0.25) is 0 Å². The fourth-order valence-electron chi connectivity index (χ4n) is 10.1. The first-order chi connectivity index (χ1) is 39.8. The molecule has 10 rings (SSSR count). The summed E-state index contributed by atoms with van der Waals surface area (Å²) in [6.45, 7) is 27.6. The van der Waals surface area contributed by atoms with Crippen LogP contribution in [0.1, 0.15) is 107 Å². The Morgan fingerprint density at radius 1 is 0.301 bits per heavy atom. The van der Waals surface area contributed by atoms with Gasteiger partial charge in [-0.1, -0.05) is 48.5 Å². The molecule has 0 spiro atoms. The zero-order valence-corrected chi connectivity index (χ0v) is 57.5. The van der Waals surface area contributed by atoms with Crippen molar-refractivity contribution in [2.75, 3.05) is 26.2 Å². The van der Waals surface area contributed by atoms with Gasteiger partial charge in [0.15, 0.2) is 0 Å². The molecular formula is C65H68Al3Br3N6O6. The predicted octanol–water partition coefficient (Wildman–Crippen LogP) is 16.2. The normalized spacial score (nSPS) is 13.9. The summed E-state index contributed by atoms with van der Waals surface area (Å²) >= 11 is 4.48. The molecule has 3 aliphatic rings. The molecule has 3 heterocycles. The summed E-state index contributed by atoms with van der Waals surface area (Å²) in [5, 5.41) is 0. The number of hydrogen-bond acceptors (Lipinski definition) is 12. The van der Waals surface area contributed by atoms with E-state index in [-0.39, 0.29) is 0 Å². The van der Waals surface area contributed by atoms with Crippen LogP contribution in [-0.2, 0) is 0 Å². The highest BCUT2D eigenvalue weighted by molar-refractivity contribution is 9.24. The van der Waals surface area contributed by atoms with E-state index in [2.05, 4.69) is 204 Å². The molecule has 0 atom stereocenters. The average Bonchev–Trinajstić information content (AvgIpc) is 3.74. The van der Waals surface area contributed by atoms with Gasteiger partial charge in [-0.15, -0.1) is 42.2 Å². The Kier molecular flexibility index (Phi) is 22.9. The average molecular weight is 1350 g/mol. The maximum atomic E-state index is 6.32. The Morgan fingerprint density at radius 3 is 0.759 bits per heavy atom. The van der Waals surface area contributed by atoms with Gasteiger partial charge in [-0.25, -0.2) is 0 Å². The molecular weight excluding hydrogens is 1280 g/mol. The summed E-state index contributed by atoms with van der Waals surface area (Å²) in [6, 6.07) is 33.1. The van der Waals surface area contributed by atoms with Gasteiger partial charge in [-0.2, -0.15) is 0 Å². The maximum Gasteiger partial charge on any atom is 0.957 e. The predicted molar refractivity (Wildman–Crippen MR) is 359 cm³/mol. The Morgan fingerprint density at radius 2 is 0.518 bits per heavy atom. The van der Waals surface area contributed by atoms with Crippen molar-refractivity contribution in [3.05, 3.63) is 197 Å². The van der Waals surface area contributed by atoms with E-state index < -0.39 is 39.0 Å². The number of para-hydroxylation sites is 2. The van der Waals surface area contributed by atoms with E-state index in [4.69, 9.17) is 32.7 Å². The number of fused-ring (bicyclic) bond motifs is 7. The summed E-state index contributed by atoms with van der Waals surface area (Å²) < 4.78 is 37.6. The smallest absolute Gasteiger partial charge is 0.603 e. The molecule has 0 unspecified atom stereocenters. The van der Waals surface area contributed by atoms with Crippen LogP contribution in [0.5, 0.6) is 34.5 Å². The van der Waals surface area contributed by atoms with Gasteiger partial charge in [0.1, 0.15) is 0 Å². The lowest BCUT2D eigenvalue weighted by atomic mass is 10.1. The zero-order chi connectivity index (χ0) is 59.3. The molecule has 18 heteroatoms. The number of aliphatic imine (C=N–C) groups is 6. The van der Waals surface area contributed by atoms with E-state index in [0.717, 1.165) is 143 Å². The van der Waals surface area contributed by atoms with E-state index in [1.54, 1.807) is 0 Å². The van der Waals surface area contributed by atoms with Crippen LogP contribution in [0.15, 0.2) is 127 Å². The van der Waals surface area contributed by atoms with Crippen molar-refractivity contribution in [1.29, 1.82) is 0 Å². The van der Waals surface area contributed by atoms with Crippen molar-refractivity contribution >= 4 is 130 Å². The first-order valence-electron chi connectivity index (χ1n) is 27.5. The van der Waals surface area contributed by atoms with Gasteiger partial charge < -0.3 is 22.7 Å². The highest BCUT2D eigenvalue weighted by Crippen LogP contribution is 2.35. The van der Waals surface area contributed by atoms with Crippen molar-refractivity contribution in [2.45, 2.75) is 89.5 Å². The fourth-order valence-corrected chi connectivity index (χ4v) is 16.6. The van der Waals surface area contributed by atoms with Crippen LogP contribution in [0.2, 0.25) is 0 Å². The Balaban J connectivity index is 0.000000163. The van der Waals surface area contributed by atoms with Gasteiger partial charge in [0.25, 0.3) is 0 Å². The second-order valence-electron chi connectivity index (χ2n) is 21.0. The molecule has 0 aromatic heterocycles. The maximum absolute atomic E-state index is 6.32. The molecule has 7 aromatic carbocycles. The minimum Gasteiger partial charge on any atom is -0.603 e. The molecule has 12 nitrogen and oxygen atoms in total. The summed E-state index contributed by atoms with van der Waals surface area (Å²) in [5.74, 6) is 4.94. The molecule has 3 aliphatic heterocycles. The van der Waals surface area contributed by atoms with Crippen LogP contribution in [-0.4, -0.2) is 102 Å². The highest BCUT2D eigenvalue weighted by atomic mass is 79.9. The van der Waals surface area contributed by atoms with Gasteiger partial charge in [0.05, 0.1) is 59.0 Å². The molecule has 0 aliphatic carbocycles. The quantitative estimate of drug-likeness (QED) is 0.139. The van der Waals surface area contributed by atoms with Gasteiger partial charge in [-0.3, -0.25) is 30.0 Å². The van der Waals surface area contributed by atoms with Crippen molar-refractivity contribution in [1.82, 2.24) is 0 Å². The first-order valence-corrected chi connectivity index (χ1v) is 39.9. The topological polar surface area (TPSA) is 130 Å². The van der Waals surface area contributed by atoms with Crippen LogP contribution in [0.25, 0.3) is 0 Å². The monoisotopic (exact) mass is 1350 g/mol. The first kappa shape index (κ1) is 63.4. The summed E-state index contributed by atoms with van der Waals surface area (Å²) in [6.07, 6.45) is 12.2. The summed E-state index contributed by atoms with van der Waals surface area (Å²) in [5.41, 5.74) is 20.9. The number of aryl methyl sites for hydroxylation is 12. The van der Waals surface area contributed by atoms with Crippen LogP contribution >= 0.6 is 42.2 Å². The van der Waals surface area contributed by atoms with Crippen molar-refractivity contribution < 1.29 is 22.7 Å². The molecule has 0 amide bonds. The van der Waals surface area contributed by atoms with E-state index in [1.807, 2.05) is 75.4 Å². The Labute approximate surface area is 525 Å². The number of benzene rings is 7. The minimum absolute atomic E-state index is 0.638. The Bertz CT molecular complexity index is 3470. The second kappa shape index (κ2) is 30.0. The van der Waals surface area contributed by atoms with Crippen molar-refractivity contribution in [3.8, 4) is 34.5 Å². The van der Waals surface area contributed by atoms with E-state index in [9.17, 15) is 0 Å². The van der Waals surface area contributed by atoms with Gasteiger partial charge in [-0.05, 0) is 205 Å².